The van der Waals surface area contributed by atoms with Crippen LogP contribution in [0, 0.1) is 0 Å². The van der Waals surface area contributed by atoms with Crippen LogP contribution in [0.3, 0.4) is 0 Å². The van der Waals surface area contributed by atoms with Gasteiger partial charge in [0.05, 0.1) is 0 Å². The van der Waals surface area contributed by atoms with Gasteiger partial charge in [-0.25, -0.2) is 0 Å². The predicted octanol–water partition coefficient (Wildman–Crippen LogP) is 26.1. The van der Waals surface area contributed by atoms with E-state index in [0.717, 1.165) is 57.3 Å². The number of allylic oxidation sites excluding steroid dienone is 4. The van der Waals surface area contributed by atoms with E-state index >= 15 is 0 Å². The summed E-state index contributed by atoms with van der Waals surface area (Å²) in [5, 5.41) is 7.87. The summed E-state index contributed by atoms with van der Waals surface area (Å²) in [5.41, 5.74) is 29.6. The molecule has 0 radical (unpaired) electrons. The minimum atomic E-state index is -0.235. The summed E-state index contributed by atoms with van der Waals surface area (Å²) in [5.74, 6) is 0. The lowest BCUT2D eigenvalue weighted by Crippen LogP contribution is -2.21. The first kappa shape index (κ1) is 58.0. The number of hydrogen-bond acceptors (Lipinski definition) is 3. The van der Waals surface area contributed by atoms with Crippen molar-refractivity contribution in [1.82, 2.24) is 0 Å². The molecule has 0 spiro atoms. The Morgan fingerprint density at radius 3 is 1.31 bits per heavy atom. The first-order chi connectivity index (χ1) is 46.5. The number of hydrogen-bond donors (Lipinski definition) is 0. The molecule has 1 aromatic heterocycles. The predicted molar refractivity (Wildman–Crippen MR) is 412 cm³/mol. The third-order valence-corrected chi connectivity index (χ3v) is 23.5. The Kier molecular flexibility index (Phi) is 12.8. The minimum Gasteiger partial charge on any atom is -0.311 e. The van der Waals surface area contributed by atoms with E-state index in [4.69, 9.17) is 6.58 Å². The molecular formula is C93H74N2S. The maximum Gasteiger partial charge on any atom is 0.0488 e. The van der Waals surface area contributed by atoms with E-state index in [1.54, 1.807) is 0 Å². The molecule has 0 atom stereocenters. The summed E-state index contributed by atoms with van der Waals surface area (Å²) in [6.45, 7) is 24.0. The number of nitrogens with zero attached hydrogens (tertiary/aromatic N) is 2. The zero-order chi connectivity index (χ0) is 65.1. The highest BCUT2D eigenvalue weighted by atomic mass is 32.1. The van der Waals surface area contributed by atoms with Gasteiger partial charge in [0.2, 0.25) is 0 Å². The quantitative estimate of drug-likeness (QED) is 0.140. The van der Waals surface area contributed by atoms with E-state index in [9.17, 15) is 0 Å². The average Bonchev–Trinajstić information content (AvgIpc) is 1.51. The number of anilines is 5. The van der Waals surface area contributed by atoms with Crippen molar-refractivity contribution in [2.45, 2.75) is 83.5 Å². The fourth-order valence-electron chi connectivity index (χ4n) is 17.2. The third kappa shape index (κ3) is 8.75. The molecule has 13 aromatic carbocycles. The highest BCUT2D eigenvalue weighted by Gasteiger charge is 2.40. The van der Waals surface area contributed by atoms with Crippen LogP contribution in [0.15, 0.2) is 291 Å². The van der Waals surface area contributed by atoms with Crippen molar-refractivity contribution in [3.05, 3.63) is 336 Å². The Balaban J connectivity index is 0.887. The lowest BCUT2D eigenvalue weighted by Gasteiger charge is -2.33. The Morgan fingerprint density at radius 1 is 0.312 bits per heavy atom. The number of fused-ring (bicyclic) bond motifs is 18. The first-order valence-corrected chi connectivity index (χ1v) is 34.9. The molecule has 14 aromatic rings. The van der Waals surface area contributed by atoms with Gasteiger partial charge in [-0.3, -0.25) is 0 Å². The Labute approximate surface area is 568 Å². The van der Waals surface area contributed by atoms with E-state index < -0.39 is 0 Å². The molecule has 0 fully saturated rings. The lowest BCUT2D eigenvalue weighted by molar-refractivity contribution is 0.532. The van der Waals surface area contributed by atoms with E-state index in [1.165, 1.54) is 131 Å². The molecule has 1 heterocycles. The third-order valence-electron chi connectivity index (χ3n) is 22.3. The molecule has 0 bridgehead atoms. The number of rotatable bonds is 8. The molecular weight excluding hydrogens is 1180 g/mol. The van der Waals surface area contributed by atoms with Gasteiger partial charge >= 0.3 is 0 Å². The summed E-state index contributed by atoms with van der Waals surface area (Å²) in [6.07, 6.45) is 7.86. The molecule has 2 nitrogen and oxygen atoms in total. The van der Waals surface area contributed by atoms with Gasteiger partial charge in [0.25, 0.3) is 0 Å². The van der Waals surface area contributed by atoms with Gasteiger partial charge in [0.1, 0.15) is 0 Å². The monoisotopic (exact) mass is 1250 g/mol. The molecule has 3 heteroatoms. The smallest absolute Gasteiger partial charge is 0.0488 e. The van der Waals surface area contributed by atoms with Gasteiger partial charge in [0, 0.05) is 75.9 Å². The van der Waals surface area contributed by atoms with Gasteiger partial charge in [-0.1, -0.05) is 268 Å². The molecule has 0 saturated carbocycles. The van der Waals surface area contributed by atoms with Crippen LogP contribution in [0.1, 0.15) is 106 Å². The fourth-order valence-corrected chi connectivity index (χ4v) is 18.5. The van der Waals surface area contributed by atoms with Crippen LogP contribution >= 0.6 is 11.3 Å². The topological polar surface area (TPSA) is 6.48 Å². The van der Waals surface area contributed by atoms with Crippen molar-refractivity contribution in [3.63, 3.8) is 0 Å². The van der Waals surface area contributed by atoms with Gasteiger partial charge in [-0.15, -0.1) is 11.3 Å². The standard InChI is InChI=1S/C93H74N2S/c1-57-37-39-62(47-48-90(2,3)80-33-18-14-25-68(57)80)94(63-40-44-74-71-28-15-19-34-81(71)91(4,5)84(74)54-63)66-50-61(59-24-22-23-58(49-59)60-38-43-79-87(52-60)96-89-78-32-13-11-27-70(78)69-26-10-12-31-77(69)88(79)89)51-67(53-66)95(64-41-45-75-72-29-16-20-35-82(72)92(6,7)85(75)55-64)65-42-46-76-73-30-17-21-36-83(73)93(8,9)86(76)56-65/h10-47,49-56H,1,48H2,2-9H3/b39-37-,62-47+. The normalized spacial score (nSPS) is 16.5. The van der Waals surface area contributed by atoms with Crippen molar-refractivity contribution >= 4 is 87.1 Å². The lowest BCUT2D eigenvalue weighted by atomic mass is 9.78. The van der Waals surface area contributed by atoms with Crippen LogP contribution in [-0.4, -0.2) is 0 Å². The van der Waals surface area contributed by atoms with E-state index in [1.807, 2.05) is 11.3 Å². The van der Waals surface area contributed by atoms with Crippen molar-refractivity contribution in [2.75, 3.05) is 9.80 Å². The zero-order valence-electron chi connectivity index (χ0n) is 55.8. The van der Waals surface area contributed by atoms with Gasteiger partial charge in [-0.2, -0.15) is 0 Å². The summed E-state index contributed by atoms with van der Waals surface area (Å²) in [4.78, 5) is 5.12. The van der Waals surface area contributed by atoms with Crippen molar-refractivity contribution in [2.24, 2.45) is 0 Å². The van der Waals surface area contributed by atoms with E-state index in [-0.39, 0.29) is 21.7 Å². The molecule has 0 aliphatic heterocycles. The second-order valence-corrected chi connectivity index (χ2v) is 30.5. The Hall–Kier alpha value is -10.6. The Bertz CT molecular complexity index is 5630. The molecule has 4 aliphatic carbocycles. The molecule has 96 heavy (non-hydrogen) atoms. The maximum absolute atomic E-state index is 4.79. The molecule has 0 N–H and O–H groups in total. The van der Waals surface area contributed by atoms with Crippen molar-refractivity contribution in [1.29, 1.82) is 0 Å². The fraction of sp³-hybridized carbons (Fsp3) is 0.140. The maximum atomic E-state index is 4.79. The van der Waals surface area contributed by atoms with Crippen molar-refractivity contribution in [3.8, 4) is 55.6 Å². The second kappa shape index (κ2) is 21.2. The second-order valence-electron chi connectivity index (χ2n) is 29.4. The zero-order valence-corrected chi connectivity index (χ0v) is 56.6. The number of thiophene rings is 1. The van der Waals surface area contributed by atoms with Crippen LogP contribution in [0.25, 0.3) is 103 Å². The molecule has 18 rings (SSSR count). The largest absolute Gasteiger partial charge is 0.311 e. The molecule has 462 valence electrons. The molecule has 0 amide bonds. The molecule has 4 aliphatic rings. The van der Waals surface area contributed by atoms with Crippen LogP contribution < -0.4 is 9.80 Å². The van der Waals surface area contributed by atoms with Gasteiger partial charge < -0.3 is 9.80 Å². The van der Waals surface area contributed by atoms with Crippen LogP contribution in [0.5, 0.6) is 0 Å². The SMILES string of the molecule is C=C1/C=C\C(N(c2cc(-c3cccc(-c4ccc5c(c4)sc4c6ccccc6c6ccccc6c54)c3)cc(N(c3ccc4c(c3)C(C)(C)c3ccccc3-4)c3ccc4c(c3)C(C)(C)c3ccccc3-4)c2)c2ccc3c(c2)C(C)(C)c2ccccc2-3)=C/CC(C)(C)c2ccccc21. The number of benzene rings is 13. The van der Waals surface area contributed by atoms with Crippen molar-refractivity contribution < 1.29 is 0 Å². The van der Waals surface area contributed by atoms with E-state index in [2.05, 4.69) is 344 Å². The van der Waals surface area contributed by atoms with Gasteiger partial charge in [-0.05, 0) is 207 Å². The van der Waals surface area contributed by atoms with Gasteiger partial charge in [0.15, 0.2) is 0 Å². The summed E-state index contributed by atoms with van der Waals surface area (Å²) in [6, 6.07) is 99.4. The summed E-state index contributed by atoms with van der Waals surface area (Å²) in [7, 11) is 0. The average molecular weight is 1250 g/mol. The summed E-state index contributed by atoms with van der Waals surface area (Å²) < 4.78 is 2.63. The first-order valence-electron chi connectivity index (χ1n) is 34.0. The van der Waals surface area contributed by atoms with Crippen LogP contribution in [0.2, 0.25) is 0 Å². The summed E-state index contributed by atoms with van der Waals surface area (Å²) >= 11 is 1.92. The van der Waals surface area contributed by atoms with Crippen LogP contribution in [0.4, 0.5) is 28.4 Å². The molecule has 0 unspecified atom stereocenters. The minimum absolute atomic E-state index is 0.212. The Morgan fingerprint density at radius 2 is 0.750 bits per heavy atom. The highest BCUT2D eigenvalue weighted by Crippen LogP contribution is 2.56. The highest BCUT2D eigenvalue weighted by molar-refractivity contribution is 7.27. The van der Waals surface area contributed by atoms with Crippen LogP contribution in [-0.2, 0) is 21.7 Å². The molecule has 0 saturated heterocycles. The van der Waals surface area contributed by atoms with E-state index in [0.29, 0.717) is 0 Å².